The van der Waals surface area contributed by atoms with E-state index < -0.39 is 0 Å². The van der Waals surface area contributed by atoms with Crippen molar-refractivity contribution in [1.82, 2.24) is 4.90 Å². The van der Waals surface area contributed by atoms with Gasteiger partial charge >= 0.3 is 0 Å². The zero-order valence-electron chi connectivity index (χ0n) is 15.7. The van der Waals surface area contributed by atoms with Gasteiger partial charge in [0.15, 0.2) is 0 Å². The quantitative estimate of drug-likeness (QED) is 0.731. The van der Waals surface area contributed by atoms with Crippen molar-refractivity contribution in [1.29, 1.82) is 0 Å². The van der Waals surface area contributed by atoms with Crippen molar-refractivity contribution < 1.29 is 9.53 Å². The molecular formula is C22H28N2O2. The van der Waals surface area contributed by atoms with Crippen molar-refractivity contribution in [3.8, 4) is 5.75 Å². The van der Waals surface area contributed by atoms with Crippen LogP contribution in [0, 0.1) is 11.8 Å². The van der Waals surface area contributed by atoms with Crippen molar-refractivity contribution in [2.24, 2.45) is 11.8 Å². The lowest BCUT2D eigenvalue weighted by Crippen LogP contribution is -2.23. The van der Waals surface area contributed by atoms with Crippen LogP contribution in [0.15, 0.2) is 48.5 Å². The van der Waals surface area contributed by atoms with E-state index in [9.17, 15) is 4.79 Å². The number of ether oxygens (including phenoxy) is 1. The fraction of sp³-hybridized carbons (Fsp3) is 0.409. The number of nitrogens with zero attached hydrogens (tertiary/aromatic N) is 1. The Labute approximate surface area is 156 Å². The van der Waals surface area contributed by atoms with Crippen LogP contribution in [0.5, 0.6) is 5.75 Å². The molecule has 2 aromatic carbocycles. The van der Waals surface area contributed by atoms with E-state index in [0.717, 1.165) is 36.1 Å². The number of rotatable bonds is 8. The summed E-state index contributed by atoms with van der Waals surface area (Å²) in [5, 5.41) is 2.78. The lowest BCUT2D eigenvalue weighted by atomic mass is 10.0. The minimum atomic E-state index is 0.483. The number of amides is 1. The normalized spacial score (nSPS) is 20.1. The number of anilines is 1. The van der Waals surface area contributed by atoms with Crippen LogP contribution < -0.4 is 10.1 Å². The first-order valence-electron chi connectivity index (χ1n) is 9.38. The summed E-state index contributed by atoms with van der Waals surface area (Å²) in [6.07, 6.45) is 1.68. The second-order valence-electron chi connectivity index (χ2n) is 7.33. The molecule has 0 saturated carbocycles. The molecule has 0 aliphatic carbocycles. The number of benzene rings is 2. The fourth-order valence-corrected chi connectivity index (χ4v) is 3.49. The molecule has 2 unspecified atom stereocenters. The molecule has 1 fully saturated rings. The van der Waals surface area contributed by atoms with Gasteiger partial charge in [0.05, 0.1) is 5.69 Å². The van der Waals surface area contributed by atoms with Gasteiger partial charge < -0.3 is 15.0 Å². The Kier molecular flexibility index (Phi) is 6.29. The van der Waals surface area contributed by atoms with Crippen molar-refractivity contribution in [3.63, 3.8) is 0 Å². The van der Waals surface area contributed by atoms with Crippen LogP contribution in [-0.4, -0.2) is 30.9 Å². The van der Waals surface area contributed by atoms with Gasteiger partial charge in [-0.3, -0.25) is 4.79 Å². The van der Waals surface area contributed by atoms with Crippen molar-refractivity contribution in [2.75, 3.05) is 25.0 Å². The highest BCUT2D eigenvalue weighted by molar-refractivity contribution is 5.75. The third-order valence-corrected chi connectivity index (χ3v) is 5.28. The zero-order chi connectivity index (χ0) is 18.4. The molecule has 1 N–H and O–H groups in total. The highest BCUT2D eigenvalue weighted by atomic mass is 16.5. The summed E-state index contributed by atoms with van der Waals surface area (Å²) in [4.78, 5) is 13.5. The molecule has 26 heavy (non-hydrogen) atoms. The Bertz CT molecular complexity index is 707. The maximum absolute atomic E-state index is 11.0. The summed E-state index contributed by atoms with van der Waals surface area (Å²) in [5.74, 6) is 2.25. The molecule has 1 amide bonds. The smallest absolute Gasteiger partial charge is 0.211 e. The lowest BCUT2D eigenvalue weighted by molar-refractivity contribution is -0.105. The van der Waals surface area contributed by atoms with E-state index in [-0.39, 0.29) is 0 Å². The van der Waals surface area contributed by atoms with Crippen molar-refractivity contribution >= 4 is 12.1 Å². The number of hydrogen-bond donors (Lipinski definition) is 1. The highest BCUT2D eigenvalue weighted by Crippen LogP contribution is 2.27. The minimum Gasteiger partial charge on any atom is -0.487 e. The van der Waals surface area contributed by atoms with E-state index in [0.29, 0.717) is 18.8 Å². The molecule has 3 rings (SSSR count). The second kappa shape index (κ2) is 8.86. The summed E-state index contributed by atoms with van der Waals surface area (Å²) >= 11 is 0. The van der Waals surface area contributed by atoms with Crippen molar-refractivity contribution in [2.45, 2.75) is 26.9 Å². The van der Waals surface area contributed by atoms with E-state index in [1.54, 1.807) is 0 Å². The third-order valence-electron chi connectivity index (χ3n) is 5.28. The summed E-state index contributed by atoms with van der Waals surface area (Å²) < 4.78 is 5.91. The van der Waals surface area contributed by atoms with Crippen LogP contribution in [0.4, 0.5) is 5.69 Å². The van der Waals surface area contributed by atoms with Gasteiger partial charge in [0.2, 0.25) is 6.41 Å². The second-order valence-corrected chi connectivity index (χ2v) is 7.33. The summed E-state index contributed by atoms with van der Waals surface area (Å²) in [6, 6.07) is 16.1. The number of nitrogens with one attached hydrogen (secondary N) is 1. The third kappa shape index (κ3) is 4.85. The summed E-state index contributed by atoms with van der Waals surface area (Å²) in [5.41, 5.74) is 3.05. The van der Waals surface area contributed by atoms with E-state index in [1.807, 2.05) is 42.5 Å². The minimum absolute atomic E-state index is 0.483. The topological polar surface area (TPSA) is 41.6 Å². The van der Waals surface area contributed by atoms with Crippen LogP contribution in [-0.2, 0) is 17.8 Å². The van der Waals surface area contributed by atoms with Crippen LogP contribution in [0.1, 0.15) is 25.0 Å². The van der Waals surface area contributed by atoms with E-state index in [2.05, 4.69) is 30.1 Å². The Morgan fingerprint density at radius 1 is 1.08 bits per heavy atom. The molecule has 1 aliphatic heterocycles. The van der Waals surface area contributed by atoms with Gasteiger partial charge in [-0.2, -0.15) is 0 Å². The van der Waals surface area contributed by atoms with Gasteiger partial charge in [0.1, 0.15) is 12.4 Å². The fourth-order valence-electron chi connectivity index (χ4n) is 3.49. The largest absolute Gasteiger partial charge is 0.487 e. The van der Waals surface area contributed by atoms with Crippen molar-refractivity contribution in [3.05, 3.63) is 59.7 Å². The van der Waals surface area contributed by atoms with Crippen LogP contribution in [0.3, 0.4) is 0 Å². The molecule has 1 heterocycles. The van der Waals surface area contributed by atoms with E-state index >= 15 is 0 Å². The molecule has 4 heteroatoms. The van der Waals surface area contributed by atoms with Gasteiger partial charge in [-0.05, 0) is 41.5 Å². The van der Waals surface area contributed by atoms with Crippen LogP contribution in [0.2, 0.25) is 0 Å². The lowest BCUT2D eigenvalue weighted by Gasteiger charge is -2.16. The molecule has 1 aliphatic rings. The number of carbonyl (C=O) groups excluding carboxylic acids is 1. The Balaban J connectivity index is 1.61. The predicted molar refractivity (Wildman–Crippen MR) is 105 cm³/mol. The summed E-state index contributed by atoms with van der Waals surface area (Å²) in [7, 11) is 0. The number of likely N-dealkylation sites (tertiary alicyclic amines) is 1. The average molecular weight is 352 g/mol. The first-order valence-corrected chi connectivity index (χ1v) is 9.38. The predicted octanol–water partition coefficient (Wildman–Crippen LogP) is 3.96. The first kappa shape index (κ1) is 18.5. The van der Waals surface area contributed by atoms with Crippen LogP contribution in [0.25, 0.3) is 0 Å². The van der Waals surface area contributed by atoms with E-state index in [1.165, 1.54) is 18.7 Å². The van der Waals surface area contributed by atoms with Gasteiger partial charge in [-0.1, -0.05) is 50.2 Å². The Morgan fingerprint density at radius 2 is 1.81 bits per heavy atom. The van der Waals surface area contributed by atoms with Gasteiger partial charge in [0, 0.05) is 19.6 Å². The van der Waals surface area contributed by atoms with Crippen LogP contribution >= 0.6 is 0 Å². The molecule has 0 radical (unpaired) electrons. The zero-order valence-corrected chi connectivity index (χ0v) is 15.7. The highest BCUT2D eigenvalue weighted by Gasteiger charge is 2.25. The number of hydrogen-bond acceptors (Lipinski definition) is 3. The number of carbonyl (C=O) groups is 1. The first-order chi connectivity index (χ1) is 12.7. The Hall–Kier alpha value is -2.33. The molecule has 4 nitrogen and oxygen atoms in total. The molecule has 2 atom stereocenters. The van der Waals surface area contributed by atoms with Gasteiger partial charge in [0.25, 0.3) is 0 Å². The maximum atomic E-state index is 11.0. The standard InChI is InChI=1S/C22H28N2O2/c1-17-13-24(14-18(17)2)11-10-19-8-9-22(21(12-19)23-16-25)26-15-20-6-4-3-5-7-20/h3-9,12,16-18H,10-11,13-15H2,1-2H3,(H,23,25). The molecule has 1 saturated heterocycles. The SMILES string of the molecule is CC1CN(CCc2ccc(OCc3ccccc3)c(NC=O)c2)CC1C. The molecule has 138 valence electrons. The average Bonchev–Trinajstić information content (AvgIpc) is 2.98. The summed E-state index contributed by atoms with van der Waals surface area (Å²) in [6.45, 7) is 8.56. The molecule has 0 spiro atoms. The maximum Gasteiger partial charge on any atom is 0.211 e. The monoisotopic (exact) mass is 352 g/mol. The van der Waals surface area contributed by atoms with Gasteiger partial charge in [-0.15, -0.1) is 0 Å². The molecule has 0 bridgehead atoms. The Morgan fingerprint density at radius 3 is 2.50 bits per heavy atom. The van der Waals surface area contributed by atoms with E-state index in [4.69, 9.17) is 4.74 Å². The van der Waals surface area contributed by atoms with Gasteiger partial charge in [-0.25, -0.2) is 0 Å². The molecule has 2 aromatic rings. The molecular weight excluding hydrogens is 324 g/mol. The molecule has 0 aromatic heterocycles.